The lowest BCUT2D eigenvalue weighted by Gasteiger charge is -1.84. The molecule has 0 aliphatic rings. The van der Waals surface area contributed by atoms with Gasteiger partial charge in [0.05, 0.1) is 27.3 Å². The number of rotatable bonds is 1. The molecule has 0 saturated heterocycles. The van der Waals surface area contributed by atoms with Crippen molar-refractivity contribution in [3.8, 4) is 10.6 Å². The van der Waals surface area contributed by atoms with Crippen molar-refractivity contribution in [2.45, 2.75) is 0 Å². The highest BCUT2D eigenvalue weighted by molar-refractivity contribution is 9.11. The van der Waals surface area contributed by atoms with E-state index in [4.69, 9.17) is 0 Å². The zero-order chi connectivity index (χ0) is 10.3. The van der Waals surface area contributed by atoms with Crippen LogP contribution in [-0.4, -0.2) is 19.6 Å². The SMILES string of the molecule is Brc1ccc(-c2cn3nccnc3n2)s1. The average Bonchev–Trinajstić information content (AvgIpc) is 2.82. The zero-order valence-corrected chi connectivity index (χ0v) is 9.86. The summed E-state index contributed by atoms with van der Waals surface area (Å²) in [5, 5.41) is 4.12. The molecule has 0 bridgehead atoms. The van der Waals surface area contributed by atoms with Gasteiger partial charge in [-0.25, -0.2) is 14.5 Å². The minimum absolute atomic E-state index is 0.622. The second kappa shape index (κ2) is 3.39. The standard InChI is InChI=1S/C9H5BrN4S/c10-8-2-1-7(15-8)6-5-14-9(13-6)11-3-4-12-14/h1-5H. The van der Waals surface area contributed by atoms with Crippen LogP contribution in [0.3, 0.4) is 0 Å². The Labute approximate surface area is 97.7 Å². The Morgan fingerprint density at radius 3 is 2.93 bits per heavy atom. The molecule has 0 amide bonds. The summed E-state index contributed by atoms with van der Waals surface area (Å²) in [6, 6.07) is 4.03. The Hall–Kier alpha value is -1.27. The quantitative estimate of drug-likeness (QED) is 0.688. The van der Waals surface area contributed by atoms with Crippen molar-refractivity contribution in [2.24, 2.45) is 0 Å². The molecule has 0 aromatic carbocycles. The molecular weight excluding hydrogens is 276 g/mol. The molecule has 15 heavy (non-hydrogen) atoms. The maximum Gasteiger partial charge on any atom is 0.251 e. The van der Waals surface area contributed by atoms with Crippen LogP contribution in [0.4, 0.5) is 0 Å². The third-order valence-corrected chi connectivity index (χ3v) is 3.59. The molecule has 0 N–H and O–H groups in total. The number of fused-ring (bicyclic) bond motifs is 1. The lowest BCUT2D eigenvalue weighted by atomic mass is 10.4. The third kappa shape index (κ3) is 1.55. The summed E-state index contributed by atoms with van der Waals surface area (Å²) >= 11 is 5.07. The van der Waals surface area contributed by atoms with Crippen molar-refractivity contribution >= 4 is 33.0 Å². The fourth-order valence-corrected chi connectivity index (χ4v) is 2.65. The number of imidazole rings is 1. The van der Waals surface area contributed by atoms with E-state index in [2.05, 4.69) is 31.0 Å². The number of hydrogen-bond acceptors (Lipinski definition) is 4. The highest BCUT2D eigenvalue weighted by Crippen LogP contribution is 2.30. The van der Waals surface area contributed by atoms with Crippen LogP contribution >= 0.6 is 27.3 Å². The van der Waals surface area contributed by atoms with Crippen molar-refractivity contribution in [2.75, 3.05) is 0 Å². The summed E-state index contributed by atoms with van der Waals surface area (Å²) in [6.45, 7) is 0. The van der Waals surface area contributed by atoms with Gasteiger partial charge < -0.3 is 0 Å². The summed E-state index contributed by atoms with van der Waals surface area (Å²) in [5.41, 5.74) is 0.900. The zero-order valence-electron chi connectivity index (χ0n) is 7.46. The second-order valence-corrected chi connectivity index (χ2v) is 5.38. The summed E-state index contributed by atoms with van der Waals surface area (Å²) in [7, 11) is 0. The van der Waals surface area contributed by atoms with Gasteiger partial charge in [0, 0.05) is 0 Å². The molecule has 0 aliphatic carbocycles. The normalized spacial score (nSPS) is 11.0. The van der Waals surface area contributed by atoms with Crippen LogP contribution in [0.5, 0.6) is 0 Å². The van der Waals surface area contributed by atoms with Gasteiger partial charge in [0.25, 0.3) is 5.78 Å². The van der Waals surface area contributed by atoms with Gasteiger partial charge in [-0.05, 0) is 28.1 Å². The first kappa shape index (κ1) is 8.99. The molecule has 0 spiro atoms. The van der Waals surface area contributed by atoms with Crippen LogP contribution in [0.1, 0.15) is 0 Å². The summed E-state index contributed by atoms with van der Waals surface area (Å²) < 4.78 is 2.76. The van der Waals surface area contributed by atoms with Gasteiger partial charge in [-0.2, -0.15) is 5.10 Å². The molecule has 6 heteroatoms. The number of halogens is 1. The minimum atomic E-state index is 0.622. The fourth-order valence-electron chi connectivity index (χ4n) is 1.31. The van der Waals surface area contributed by atoms with Crippen molar-refractivity contribution in [3.63, 3.8) is 0 Å². The average molecular weight is 281 g/mol. The van der Waals surface area contributed by atoms with E-state index in [9.17, 15) is 0 Å². The van der Waals surface area contributed by atoms with Gasteiger partial charge in [0.1, 0.15) is 5.69 Å². The molecular formula is C9H5BrN4S. The van der Waals surface area contributed by atoms with Crippen LogP contribution in [0.15, 0.2) is 34.5 Å². The molecule has 0 unspecified atom stereocenters. The lowest BCUT2D eigenvalue weighted by molar-refractivity contribution is 0.902. The largest absolute Gasteiger partial charge is 0.251 e. The first-order valence-electron chi connectivity index (χ1n) is 4.25. The molecule has 3 aromatic rings. The van der Waals surface area contributed by atoms with Crippen molar-refractivity contribution in [1.29, 1.82) is 0 Å². The van der Waals surface area contributed by atoms with Crippen LogP contribution in [-0.2, 0) is 0 Å². The highest BCUT2D eigenvalue weighted by atomic mass is 79.9. The topological polar surface area (TPSA) is 43.1 Å². The second-order valence-electron chi connectivity index (χ2n) is 2.92. The molecule has 74 valence electrons. The van der Waals surface area contributed by atoms with Crippen molar-refractivity contribution < 1.29 is 0 Å². The molecule has 3 rings (SSSR count). The van der Waals surface area contributed by atoms with Gasteiger partial charge in [0.2, 0.25) is 0 Å². The van der Waals surface area contributed by atoms with Crippen molar-refractivity contribution in [3.05, 3.63) is 34.5 Å². The predicted octanol–water partition coefficient (Wildman–Crippen LogP) is 2.62. The van der Waals surface area contributed by atoms with E-state index in [0.29, 0.717) is 5.78 Å². The monoisotopic (exact) mass is 280 g/mol. The Balaban J connectivity index is 2.19. The van der Waals surface area contributed by atoms with E-state index in [0.717, 1.165) is 14.4 Å². The van der Waals surface area contributed by atoms with Crippen molar-refractivity contribution in [1.82, 2.24) is 19.6 Å². The Morgan fingerprint density at radius 1 is 1.27 bits per heavy atom. The van der Waals surface area contributed by atoms with Gasteiger partial charge in [0.15, 0.2) is 0 Å². The molecule has 0 aliphatic heterocycles. The van der Waals surface area contributed by atoms with Gasteiger partial charge >= 0.3 is 0 Å². The number of nitrogens with zero attached hydrogens (tertiary/aromatic N) is 4. The number of hydrogen-bond donors (Lipinski definition) is 0. The summed E-state index contributed by atoms with van der Waals surface area (Å²) in [4.78, 5) is 9.60. The van der Waals surface area contributed by atoms with E-state index in [-0.39, 0.29) is 0 Å². The van der Waals surface area contributed by atoms with Crippen LogP contribution in [0.25, 0.3) is 16.3 Å². The Morgan fingerprint density at radius 2 is 2.20 bits per heavy atom. The molecule has 3 heterocycles. The maximum atomic E-state index is 4.38. The van der Waals surface area contributed by atoms with Crippen LogP contribution < -0.4 is 0 Å². The lowest BCUT2D eigenvalue weighted by Crippen LogP contribution is -1.89. The first-order chi connectivity index (χ1) is 7.33. The molecule has 0 saturated carbocycles. The molecule has 0 fully saturated rings. The smallest absolute Gasteiger partial charge is 0.218 e. The summed E-state index contributed by atoms with van der Waals surface area (Å²) in [5.74, 6) is 0.622. The van der Waals surface area contributed by atoms with Crippen LogP contribution in [0, 0.1) is 0 Å². The molecule has 4 nitrogen and oxygen atoms in total. The summed E-state index contributed by atoms with van der Waals surface area (Å²) in [6.07, 6.45) is 5.15. The number of thiophene rings is 1. The van der Waals surface area contributed by atoms with E-state index >= 15 is 0 Å². The third-order valence-electron chi connectivity index (χ3n) is 1.94. The highest BCUT2D eigenvalue weighted by Gasteiger charge is 2.07. The molecule has 0 atom stereocenters. The predicted molar refractivity (Wildman–Crippen MR) is 61.8 cm³/mol. The van der Waals surface area contributed by atoms with E-state index in [1.54, 1.807) is 28.2 Å². The first-order valence-corrected chi connectivity index (χ1v) is 5.86. The van der Waals surface area contributed by atoms with E-state index in [1.165, 1.54) is 0 Å². The Kier molecular flexibility index (Phi) is 2.03. The van der Waals surface area contributed by atoms with Gasteiger partial charge in [-0.3, -0.25) is 0 Å². The van der Waals surface area contributed by atoms with Crippen LogP contribution in [0.2, 0.25) is 0 Å². The molecule has 3 aromatic heterocycles. The maximum absolute atomic E-state index is 4.38. The van der Waals surface area contributed by atoms with Gasteiger partial charge in [-0.15, -0.1) is 11.3 Å². The van der Waals surface area contributed by atoms with Gasteiger partial charge in [-0.1, -0.05) is 0 Å². The fraction of sp³-hybridized carbons (Fsp3) is 0. The number of aromatic nitrogens is 4. The van der Waals surface area contributed by atoms with E-state index in [1.807, 2.05) is 18.3 Å². The minimum Gasteiger partial charge on any atom is -0.218 e. The molecule has 0 radical (unpaired) electrons. The Bertz CT molecular complexity index is 582. The van der Waals surface area contributed by atoms with E-state index < -0.39 is 0 Å².